The number of nitrogens with one attached hydrogen (secondary N) is 1. The highest BCUT2D eigenvalue weighted by Gasteiger charge is 2.24. The van der Waals surface area contributed by atoms with Crippen molar-refractivity contribution < 1.29 is 4.74 Å². The van der Waals surface area contributed by atoms with E-state index in [0.29, 0.717) is 18.5 Å². The van der Waals surface area contributed by atoms with Crippen molar-refractivity contribution in [2.24, 2.45) is 0 Å². The quantitative estimate of drug-likeness (QED) is 0.864. The minimum atomic E-state index is 0.535. The molecule has 0 saturated carbocycles. The van der Waals surface area contributed by atoms with Gasteiger partial charge in [0.15, 0.2) is 0 Å². The van der Waals surface area contributed by atoms with E-state index in [1.165, 1.54) is 19.3 Å². The molecule has 20 heavy (non-hydrogen) atoms. The van der Waals surface area contributed by atoms with E-state index in [9.17, 15) is 0 Å². The van der Waals surface area contributed by atoms with Gasteiger partial charge in [-0.15, -0.1) is 0 Å². The summed E-state index contributed by atoms with van der Waals surface area (Å²) in [7, 11) is 2.00. The lowest BCUT2D eigenvalue weighted by Gasteiger charge is -2.36. The molecule has 1 aliphatic rings. The van der Waals surface area contributed by atoms with Gasteiger partial charge in [-0.1, -0.05) is 0 Å². The van der Waals surface area contributed by atoms with Crippen molar-refractivity contribution in [3.05, 3.63) is 11.8 Å². The van der Waals surface area contributed by atoms with Gasteiger partial charge in [0.2, 0.25) is 11.8 Å². The first-order chi connectivity index (χ1) is 9.74. The highest BCUT2D eigenvalue weighted by atomic mass is 16.5. The lowest BCUT2D eigenvalue weighted by Crippen LogP contribution is -2.42. The van der Waals surface area contributed by atoms with Crippen molar-refractivity contribution in [1.29, 1.82) is 0 Å². The van der Waals surface area contributed by atoms with Crippen LogP contribution in [0.15, 0.2) is 6.07 Å². The van der Waals surface area contributed by atoms with Gasteiger partial charge in [0, 0.05) is 24.3 Å². The molecule has 1 N–H and O–H groups in total. The first-order valence-electron chi connectivity index (χ1n) is 7.64. The Balaban J connectivity index is 2.17. The molecule has 1 unspecified atom stereocenters. The Hall–Kier alpha value is -1.36. The predicted molar refractivity (Wildman–Crippen MR) is 81.5 cm³/mol. The first kappa shape index (κ1) is 15.0. The van der Waals surface area contributed by atoms with E-state index in [1.54, 1.807) is 0 Å². The van der Waals surface area contributed by atoms with Gasteiger partial charge in [0.1, 0.15) is 0 Å². The molecule has 0 spiro atoms. The number of hydrogen-bond donors (Lipinski definition) is 1. The highest BCUT2D eigenvalue weighted by Crippen LogP contribution is 2.25. The molecule has 0 aromatic carbocycles. The summed E-state index contributed by atoms with van der Waals surface area (Å²) in [5.74, 6) is 1.52. The molecule has 2 rings (SSSR count). The zero-order valence-electron chi connectivity index (χ0n) is 12.9. The standard InChI is InChI=1S/C15H26N4O/c1-4-20-14-11-12(2)17-15(18-14)19-10-6-5-7-13(19)8-9-16-3/h11,13,16H,4-10H2,1-3H3. The van der Waals surface area contributed by atoms with Gasteiger partial charge in [0.05, 0.1) is 6.61 Å². The average molecular weight is 278 g/mol. The van der Waals surface area contributed by atoms with Gasteiger partial charge in [-0.05, 0) is 53.1 Å². The van der Waals surface area contributed by atoms with Gasteiger partial charge < -0.3 is 15.0 Å². The van der Waals surface area contributed by atoms with Crippen LogP contribution in [0.25, 0.3) is 0 Å². The molecule has 0 aliphatic carbocycles. The number of ether oxygens (including phenoxy) is 1. The summed E-state index contributed by atoms with van der Waals surface area (Å²) in [4.78, 5) is 11.5. The lowest BCUT2D eigenvalue weighted by molar-refractivity contribution is 0.324. The number of aromatic nitrogens is 2. The molecule has 0 bridgehead atoms. The third-order valence-electron chi connectivity index (χ3n) is 3.72. The highest BCUT2D eigenvalue weighted by molar-refractivity contribution is 5.36. The van der Waals surface area contributed by atoms with Crippen LogP contribution in [0.3, 0.4) is 0 Å². The maximum Gasteiger partial charge on any atom is 0.229 e. The number of anilines is 1. The summed E-state index contributed by atoms with van der Waals surface area (Å²) in [5, 5.41) is 3.24. The molecule has 5 nitrogen and oxygen atoms in total. The third kappa shape index (κ3) is 3.82. The Bertz CT molecular complexity index is 424. The zero-order valence-corrected chi connectivity index (χ0v) is 12.9. The van der Waals surface area contributed by atoms with E-state index in [4.69, 9.17) is 4.74 Å². The number of piperidine rings is 1. The van der Waals surface area contributed by atoms with Gasteiger partial charge in [-0.3, -0.25) is 0 Å². The Kier molecular flexibility index (Phi) is 5.59. The number of rotatable bonds is 6. The topological polar surface area (TPSA) is 50.3 Å². The van der Waals surface area contributed by atoms with Crippen LogP contribution in [0.2, 0.25) is 0 Å². The van der Waals surface area contributed by atoms with E-state index in [1.807, 2.05) is 27.0 Å². The fourth-order valence-electron chi connectivity index (χ4n) is 2.75. The Morgan fingerprint density at radius 2 is 2.25 bits per heavy atom. The second kappa shape index (κ2) is 7.43. The van der Waals surface area contributed by atoms with E-state index in [0.717, 1.165) is 31.2 Å². The maximum atomic E-state index is 5.54. The minimum Gasteiger partial charge on any atom is -0.478 e. The summed E-state index contributed by atoms with van der Waals surface area (Å²) < 4.78 is 5.54. The second-order valence-corrected chi connectivity index (χ2v) is 5.32. The molecule has 0 amide bonds. The van der Waals surface area contributed by atoms with Crippen molar-refractivity contribution in [3.8, 4) is 5.88 Å². The van der Waals surface area contributed by atoms with Crippen molar-refractivity contribution in [2.45, 2.75) is 45.6 Å². The van der Waals surface area contributed by atoms with Crippen LogP contribution in [-0.4, -0.2) is 42.8 Å². The van der Waals surface area contributed by atoms with Crippen molar-refractivity contribution in [1.82, 2.24) is 15.3 Å². The summed E-state index contributed by atoms with van der Waals surface area (Å²) >= 11 is 0. The molecule has 1 aliphatic heterocycles. The molecule has 1 saturated heterocycles. The SMILES string of the molecule is CCOc1cc(C)nc(N2CCCCC2CCNC)n1. The van der Waals surface area contributed by atoms with Crippen molar-refractivity contribution >= 4 is 5.95 Å². The Morgan fingerprint density at radius 1 is 1.40 bits per heavy atom. The molecule has 112 valence electrons. The summed E-state index contributed by atoms with van der Waals surface area (Å²) in [5.41, 5.74) is 0.969. The number of hydrogen-bond acceptors (Lipinski definition) is 5. The molecular formula is C15H26N4O. The van der Waals surface area contributed by atoms with Gasteiger partial charge in [0.25, 0.3) is 0 Å². The average Bonchev–Trinajstić information content (AvgIpc) is 2.45. The van der Waals surface area contributed by atoms with E-state index >= 15 is 0 Å². The smallest absolute Gasteiger partial charge is 0.229 e. The lowest BCUT2D eigenvalue weighted by atomic mass is 10.00. The molecule has 1 atom stereocenters. The van der Waals surface area contributed by atoms with Gasteiger partial charge in [-0.2, -0.15) is 4.98 Å². The van der Waals surface area contributed by atoms with E-state index < -0.39 is 0 Å². The molecule has 1 aromatic heterocycles. The molecule has 1 fully saturated rings. The number of nitrogens with zero attached hydrogens (tertiary/aromatic N) is 3. The largest absolute Gasteiger partial charge is 0.478 e. The van der Waals surface area contributed by atoms with Crippen molar-refractivity contribution in [3.63, 3.8) is 0 Å². The Morgan fingerprint density at radius 3 is 3.00 bits per heavy atom. The Labute approximate surface area is 121 Å². The monoisotopic (exact) mass is 278 g/mol. The zero-order chi connectivity index (χ0) is 14.4. The van der Waals surface area contributed by atoms with E-state index in [2.05, 4.69) is 20.2 Å². The van der Waals surface area contributed by atoms with Gasteiger partial charge in [-0.25, -0.2) is 4.98 Å². The summed E-state index contributed by atoms with van der Waals surface area (Å²) in [6.07, 6.45) is 4.88. The van der Waals surface area contributed by atoms with E-state index in [-0.39, 0.29) is 0 Å². The van der Waals surface area contributed by atoms with Crippen LogP contribution >= 0.6 is 0 Å². The van der Waals surface area contributed by atoms with Crippen LogP contribution < -0.4 is 15.0 Å². The maximum absolute atomic E-state index is 5.54. The molecule has 5 heteroatoms. The third-order valence-corrected chi connectivity index (χ3v) is 3.72. The van der Waals surface area contributed by atoms with Crippen LogP contribution in [0.5, 0.6) is 5.88 Å². The normalized spacial score (nSPS) is 19.1. The second-order valence-electron chi connectivity index (χ2n) is 5.32. The van der Waals surface area contributed by atoms with Gasteiger partial charge >= 0.3 is 0 Å². The fourth-order valence-corrected chi connectivity index (χ4v) is 2.75. The molecule has 2 heterocycles. The molecular weight excluding hydrogens is 252 g/mol. The molecule has 1 aromatic rings. The molecule has 0 radical (unpaired) electrons. The van der Waals surface area contributed by atoms with Crippen LogP contribution in [0.1, 0.15) is 38.3 Å². The van der Waals surface area contributed by atoms with Crippen LogP contribution in [0, 0.1) is 6.92 Å². The predicted octanol–water partition coefficient (Wildman–Crippen LogP) is 2.15. The minimum absolute atomic E-state index is 0.535. The summed E-state index contributed by atoms with van der Waals surface area (Å²) in [6.45, 7) is 6.70. The van der Waals surface area contributed by atoms with Crippen LogP contribution in [0.4, 0.5) is 5.95 Å². The number of aryl methyl sites for hydroxylation is 1. The fraction of sp³-hybridized carbons (Fsp3) is 0.733. The first-order valence-corrected chi connectivity index (χ1v) is 7.64. The van der Waals surface area contributed by atoms with Crippen molar-refractivity contribution in [2.75, 3.05) is 31.6 Å². The van der Waals surface area contributed by atoms with Crippen LogP contribution in [-0.2, 0) is 0 Å². The summed E-state index contributed by atoms with van der Waals surface area (Å²) in [6, 6.07) is 2.44.